The van der Waals surface area contributed by atoms with Gasteiger partial charge in [-0.15, -0.1) is 0 Å². The average Bonchev–Trinajstić information content (AvgIpc) is 2.61. The minimum absolute atomic E-state index is 0.0500. The van der Waals surface area contributed by atoms with Gasteiger partial charge in [-0.2, -0.15) is 4.98 Å². The van der Waals surface area contributed by atoms with Crippen LogP contribution in [-0.2, 0) is 0 Å². The van der Waals surface area contributed by atoms with Crippen LogP contribution in [0.5, 0.6) is 5.75 Å². The molecule has 0 aliphatic carbocycles. The molecule has 6 heteroatoms. The average molecular weight is 324 g/mol. The number of benzene rings is 1. The molecule has 1 unspecified atom stereocenters. The summed E-state index contributed by atoms with van der Waals surface area (Å²) in [5, 5.41) is 4.00. The zero-order chi connectivity index (χ0) is 17.1. The van der Waals surface area contributed by atoms with Gasteiger partial charge in [0.15, 0.2) is 0 Å². The second-order valence-corrected chi connectivity index (χ2v) is 5.62. The smallest absolute Gasteiger partial charge is 0.252 e. The van der Waals surface area contributed by atoms with E-state index in [1.807, 2.05) is 38.1 Å². The minimum atomic E-state index is -0.0500. The third kappa shape index (κ3) is 3.08. The Kier molecular flexibility index (Phi) is 4.46. The number of nitrogens with one attached hydrogen (secondary N) is 1. The van der Waals surface area contributed by atoms with Crippen molar-refractivity contribution in [3.05, 3.63) is 52.9 Å². The monoisotopic (exact) mass is 324 g/mol. The van der Waals surface area contributed by atoms with Crippen molar-refractivity contribution in [2.45, 2.75) is 26.3 Å². The second-order valence-electron chi connectivity index (χ2n) is 5.62. The Morgan fingerprint density at radius 3 is 2.62 bits per heavy atom. The van der Waals surface area contributed by atoms with E-state index >= 15 is 0 Å². The van der Waals surface area contributed by atoms with Crippen molar-refractivity contribution >= 4 is 22.7 Å². The van der Waals surface area contributed by atoms with Crippen LogP contribution in [0.3, 0.4) is 0 Å². The van der Waals surface area contributed by atoms with Crippen molar-refractivity contribution in [3.63, 3.8) is 0 Å². The fraction of sp³-hybridized carbons (Fsp3) is 0.278. The van der Waals surface area contributed by atoms with Crippen molar-refractivity contribution in [2.75, 3.05) is 12.4 Å². The summed E-state index contributed by atoms with van der Waals surface area (Å²) in [6.07, 6.45) is 2.58. The number of methoxy groups -OCH3 is 1. The van der Waals surface area contributed by atoms with Gasteiger partial charge in [0.05, 0.1) is 7.11 Å². The van der Waals surface area contributed by atoms with Crippen molar-refractivity contribution in [3.8, 4) is 5.75 Å². The Labute approximate surface area is 140 Å². The summed E-state index contributed by atoms with van der Waals surface area (Å²) in [6, 6.07) is 10.9. The summed E-state index contributed by atoms with van der Waals surface area (Å²) >= 11 is 0. The molecule has 124 valence electrons. The summed E-state index contributed by atoms with van der Waals surface area (Å²) in [5.41, 5.74) is 1.44. The standard InChI is InChI=1S/C18H20N4O2/c1-4-12(2)22-16(23)10-5-13-11-19-18(21-17(13)22)20-14-6-8-15(24-3)9-7-14/h5-12H,4H2,1-3H3,(H,19,20,21). The van der Waals surface area contributed by atoms with E-state index in [4.69, 9.17) is 4.74 Å². The highest BCUT2D eigenvalue weighted by molar-refractivity contribution is 5.75. The van der Waals surface area contributed by atoms with E-state index in [9.17, 15) is 4.79 Å². The Morgan fingerprint density at radius 1 is 1.21 bits per heavy atom. The summed E-state index contributed by atoms with van der Waals surface area (Å²) in [5.74, 6) is 1.24. The van der Waals surface area contributed by atoms with E-state index in [0.29, 0.717) is 11.6 Å². The predicted molar refractivity (Wildman–Crippen MR) is 95.1 cm³/mol. The quantitative estimate of drug-likeness (QED) is 0.778. The Morgan fingerprint density at radius 2 is 1.96 bits per heavy atom. The van der Waals surface area contributed by atoms with Crippen molar-refractivity contribution in [1.29, 1.82) is 0 Å². The van der Waals surface area contributed by atoms with Crippen molar-refractivity contribution in [1.82, 2.24) is 14.5 Å². The second kappa shape index (κ2) is 6.70. The molecule has 0 bridgehead atoms. The summed E-state index contributed by atoms with van der Waals surface area (Å²) in [6.45, 7) is 4.06. The van der Waals surface area contributed by atoms with Gasteiger partial charge in [0.2, 0.25) is 5.95 Å². The van der Waals surface area contributed by atoms with Gasteiger partial charge in [-0.25, -0.2) is 4.98 Å². The SMILES string of the molecule is CCC(C)n1c(=O)ccc2cnc(Nc3ccc(OC)cc3)nc21. The van der Waals surface area contributed by atoms with E-state index in [1.165, 1.54) is 0 Å². The molecule has 3 rings (SSSR count). The van der Waals surface area contributed by atoms with E-state index in [0.717, 1.165) is 23.2 Å². The number of ether oxygens (including phenoxy) is 1. The normalized spacial score (nSPS) is 12.1. The fourth-order valence-corrected chi connectivity index (χ4v) is 2.51. The number of rotatable bonds is 5. The van der Waals surface area contributed by atoms with Crippen molar-refractivity contribution in [2.24, 2.45) is 0 Å². The van der Waals surface area contributed by atoms with Gasteiger partial charge in [-0.05, 0) is 43.7 Å². The fourth-order valence-electron chi connectivity index (χ4n) is 2.51. The molecule has 0 amide bonds. The number of nitrogens with zero attached hydrogens (tertiary/aromatic N) is 3. The molecule has 0 radical (unpaired) electrons. The first-order valence-corrected chi connectivity index (χ1v) is 7.91. The molecule has 1 N–H and O–H groups in total. The lowest BCUT2D eigenvalue weighted by molar-refractivity contribution is 0.415. The highest BCUT2D eigenvalue weighted by Crippen LogP contribution is 2.20. The third-order valence-electron chi connectivity index (χ3n) is 4.04. The number of hydrogen-bond acceptors (Lipinski definition) is 5. The largest absolute Gasteiger partial charge is 0.497 e. The Bertz CT molecular complexity index is 903. The maximum absolute atomic E-state index is 12.2. The molecule has 1 atom stereocenters. The number of aromatic nitrogens is 3. The van der Waals surface area contributed by atoms with Gasteiger partial charge in [0, 0.05) is 29.4 Å². The first kappa shape index (κ1) is 16.0. The number of anilines is 2. The van der Waals surface area contributed by atoms with Crippen LogP contribution in [-0.4, -0.2) is 21.6 Å². The minimum Gasteiger partial charge on any atom is -0.497 e. The van der Waals surface area contributed by atoms with Gasteiger partial charge in [0.25, 0.3) is 5.56 Å². The highest BCUT2D eigenvalue weighted by atomic mass is 16.5. The first-order chi connectivity index (χ1) is 11.6. The highest BCUT2D eigenvalue weighted by Gasteiger charge is 2.11. The van der Waals surface area contributed by atoms with Crippen LogP contribution >= 0.6 is 0 Å². The molecule has 24 heavy (non-hydrogen) atoms. The number of hydrogen-bond donors (Lipinski definition) is 1. The maximum atomic E-state index is 12.2. The summed E-state index contributed by atoms with van der Waals surface area (Å²) < 4.78 is 6.87. The van der Waals surface area contributed by atoms with E-state index in [1.54, 1.807) is 30.0 Å². The molecule has 0 spiro atoms. The van der Waals surface area contributed by atoms with E-state index in [-0.39, 0.29) is 11.6 Å². The molecular formula is C18H20N4O2. The molecule has 1 aromatic carbocycles. The van der Waals surface area contributed by atoms with Crippen LogP contribution in [0.15, 0.2) is 47.4 Å². The zero-order valence-electron chi connectivity index (χ0n) is 14.0. The van der Waals surface area contributed by atoms with Gasteiger partial charge in [0.1, 0.15) is 11.4 Å². The molecule has 0 aliphatic heterocycles. The Balaban J connectivity index is 2.01. The lowest BCUT2D eigenvalue weighted by Gasteiger charge is -2.15. The van der Waals surface area contributed by atoms with Gasteiger partial charge in [-0.3, -0.25) is 9.36 Å². The molecule has 3 aromatic rings. The van der Waals surface area contributed by atoms with Crippen LogP contribution in [0.2, 0.25) is 0 Å². The molecular weight excluding hydrogens is 304 g/mol. The predicted octanol–water partition coefficient (Wildman–Crippen LogP) is 3.51. The lowest BCUT2D eigenvalue weighted by atomic mass is 10.2. The van der Waals surface area contributed by atoms with E-state index < -0.39 is 0 Å². The number of pyridine rings is 1. The maximum Gasteiger partial charge on any atom is 0.252 e. The molecule has 2 aromatic heterocycles. The van der Waals surface area contributed by atoms with Crippen LogP contribution in [0.1, 0.15) is 26.3 Å². The molecule has 6 nitrogen and oxygen atoms in total. The first-order valence-electron chi connectivity index (χ1n) is 7.91. The summed E-state index contributed by atoms with van der Waals surface area (Å²) in [7, 11) is 1.63. The van der Waals surface area contributed by atoms with Crippen LogP contribution in [0, 0.1) is 0 Å². The van der Waals surface area contributed by atoms with Crippen LogP contribution < -0.4 is 15.6 Å². The molecule has 0 saturated carbocycles. The molecule has 0 fully saturated rings. The Hall–Kier alpha value is -2.89. The summed E-state index contributed by atoms with van der Waals surface area (Å²) in [4.78, 5) is 21.1. The topological polar surface area (TPSA) is 69.0 Å². The number of fused-ring (bicyclic) bond motifs is 1. The zero-order valence-corrected chi connectivity index (χ0v) is 14.0. The van der Waals surface area contributed by atoms with Crippen LogP contribution in [0.25, 0.3) is 11.0 Å². The lowest BCUT2D eigenvalue weighted by Crippen LogP contribution is -2.23. The van der Waals surface area contributed by atoms with E-state index in [2.05, 4.69) is 15.3 Å². The molecule has 0 saturated heterocycles. The molecule has 0 aliphatic rings. The van der Waals surface area contributed by atoms with Gasteiger partial charge < -0.3 is 10.1 Å². The molecule has 2 heterocycles. The third-order valence-corrected chi connectivity index (χ3v) is 4.04. The van der Waals surface area contributed by atoms with Crippen molar-refractivity contribution < 1.29 is 4.74 Å². The van der Waals surface area contributed by atoms with Gasteiger partial charge >= 0.3 is 0 Å². The van der Waals surface area contributed by atoms with Crippen LogP contribution in [0.4, 0.5) is 11.6 Å². The van der Waals surface area contributed by atoms with Gasteiger partial charge in [-0.1, -0.05) is 6.92 Å².